The van der Waals surface area contributed by atoms with Gasteiger partial charge < -0.3 is 10.5 Å². The highest BCUT2D eigenvalue weighted by molar-refractivity contribution is 6.01. The van der Waals surface area contributed by atoms with E-state index in [0.29, 0.717) is 12.4 Å². The van der Waals surface area contributed by atoms with Gasteiger partial charge in [0.1, 0.15) is 5.54 Å². The van der Waals surface area contributed by atoms with Crippen LogP contribution >= 0.6 is 0 Å². The number of hydrogen-bond donors (Lipinski definition) is 1. The Labute approximate surface area is 101 Å². The smallest absolute Gasteiger partial charge is 0.220 e. The maximum atomic E-state index is 12.3. The van der Waals surface area contributed by atoms with Gasteiger partial charge in [0.25, 0.3) is 0 Å². The molecule has 0 aliphatic carbocycles. The molecule has 3 heteroatoms. The summed E-state index contributed by atoms with van der Waals surface area (Å²) in [5.74, 6) is 0.258. The Kier molecular flexibility index (Phi) is 3.29. The number of ketones is 1. The molecular formula is C14H17NO2. The highest BCUT2D eigenvalue weighted by Crippen LogP contribution is 2.24. The van der Waals surface area contributed by atoms with Crippen LogP contribution in [0, 0.1) is 0 Å². The fourth-order valence-electron chi connectivity index (χ4n) is 1.89. The molecule has 0 amide bonds. The van der Waals surface area contributed by atoms with E-state index in [4.69, 9.17) is 10.5 Å². The average Bonchev–Trinajstić information content (AvgIpc) is 2.40. The topological polar surface area (TPSA) is 52.3 Å². The van der Waals surface area contributed by atoms with Gasteiger partial charge >= 0.3 is 0 Å². The molecule has 0 fully saturated rings. The maximum absolute atomic E-state index is 12.3. The Morgan fingerprint density at radius 2 is 2.06 bits per heavy atom. The Morgan fingerprint density at radius 3 is 2.65 bits per heavy atom. The van der Waals surface area contributed by atoms with Gasteiger partial charge in [-0.3, -0.25) is 4.79 Å². The summed E-state index contributed by atoms with van der Waals surface area (Å²) in [6.45, 7) is 2.33. The monoisotopic (exact) mass is 231 g/mol. The number of ether oxygens (including phenoxy) is 1. The molecule has 0 spiro atoms. The van der Waals surface area contributed by atoms with Gasteiger partial charge in [-0.25, -0.2) is 0 Å². The lowest BCUT2D eigenvalue weighted by atomic mass is 9.87. The second kappa shape index (κ2) is 4.72. The number of benzene rings is 1. The third-order valence-corrected chi connectivity index (χ3v) is 3.00. The number of carbonyl (C=O) groups is 1. The van der Waals surface area contributed by atoms with Gasteiger partial charge in [0.05, 0.1) is 6.61 Å². The van der Waals surface area contributed by atoms with Gasteiger partial charge in [0, 0.05) is 0 Å². The zero-order valence-electron chi connectivity index (χ0n) is 9.98. The second-order valence-corrected chi connectivity index (χ2v) is 4.46. The summed E-state index contributed by atoms with van der Waals surface area (Å²) < 4.78 is 5.38. The first-order valence-corrected chi connectivity index (χ1v) is 5.84. The number of allylic oxidation sites excluding steroid dienone is 1. The average molecular weight is 231 g/mol. The van der Waals surface area contributed by atoms with Crippen LogP contribution in [0.3, 0.4) is 0 Å². The first-order chi connectivity index (χ1) is 8.12. The Hall–Kier alpha value is -1.61. The van der Waals surface area contributed by atoms with Crippen LogP contribution in [-0.4, -0.2) is 12.4 Å². The lowest BCUT2D eigenvalue weighted by Gasteiger charge is -2.26. The van der Waals surface area contributed by atoms with Crippen LogP contribution in [0.1, 0.15) is 25.3 Å². The number of rotatable bonds is 3. The van der Waals surface area contributed by atoms with Crippen molar-refractivity contribution < 1.29 is 9.53 Å². The van der Waals surface area contributed by atoms with E-state index in [1.165, 1.54) is 0 Å². The van der Waals surface area contributed by atoms with Gasteiger partial charge in [-0.1, -0.05) is 30.3 Å². The van der Waals surface area contributed by atoms with Gasteiger partial charge in [0.15, 0.2) is 5.76 Å². The van der Waals surface area contributed by atoms with E-state index < -0.39 is 5.54 Å². The molecule has 1 aliphatic heterocycles. The minimum absolute atomic E-state index is 0.150. The van der Waals surface area contributed by atoms with E-state index in [0.717, 1.165) is 18.4 Å². The zero-order valence-corrected chi connectivity index (χ0v) is 9.98. The standard InChI is InChI=1S/C14H17NO2/c1-14(15,11-7-3-2-4-8-11)13(16)12-9-5-6-10-17-12/h2-4,7-9H,5-6,10,15H2,1H3. The van der Waals surface area contributed by atoms with Crippen LogP contribution in [-0.2, 0) is 15.1 Å². The number of hydrogen-bond acceptors (Lipinski definition) is 3. The molecule has 2 N–H and O–H groups in total. The van der Waals surface area contributed by atoms with E-state index in [-0.39, 0.29) is 5.78 Å². The highest BCUT2D eigenvalue weighted by Gasteiger charge is 2.34. The summed E-state index contributed by atoms with van der Waals surface area (Å²) in [5.41, 5.74) is 5.92. The van der Waals surface area contributed by atoms with Crippen LogP contribution < -0.4 is 5.73 Å². The minimum Gasteiger partial charge on any atom is -0.490 e. The second-order valence-electron chi connectivity index (χ2n) is 4.46. The van der Waals surface area contributed by atoms with Crippen molar-refractivity contribution in [1.29, 1.82) is 0 Å². The number of Topliss-reactive ketones (excluding diaryl/α,β-unsaturated/α-hetero) is 1. The van der Waals surface area contributed by atoms with Crippen LogP contribution in [0.2, 0.25) is 0 Å². The summed E-state index contributed by atoms with van der Waals surface area (Å²) >= 11 is 0. The van der Waals surface area contributed by atoms with Gasteiger partial charge in [-0.15, -0.1) is 0 Å². The summed E-state index contributed by atoms with van der Waals surface area (Å²) in [6.07, 6.45) is 3.68. The molecule has 0 saturated carbocycles. The van der Waals surface area contributed by atoms with E-state index in [2.05, 4.69) is 0 Å². The molecule has 1 aromatic rings. The van der Waals surface area contributed by atoms with Crippen LogP contribution in [0.4, 0.5) is 0 Å². The molecule has 1 aromatic carbocycles. The summed E-state index contributed by atoms with van der Waals surface area (Å²) in [6, 6.07) is 9.39. The van der Waals surface area contributed by atoms with E-state index in [1.807, 2.05) is 36.4 Å². The highest BCUT2D eigenvalue weighted by atomic mass is 16.5. The first kappa shape index (κ1) is 11.9. The van der Waals surface area contributed by atoms with Crippen molar-refractivity contribution in [2.24, 2.45) is 5.73 Å². The third kappa shape index (κ3) is 2.39. The first-order valence-electron chi connectivity index (χ1n) is 5.84. The van der Waals surface area contributed by atoms with Crippen LogP contribution in [0.25, 0.3) is 0 Å². The van der Waals surface area contributed by atoms with Gasteiger partial charge in [-0.05, 0) is 31.4 Å². The van der Waals surface area contributed by atoms with E-state index in [1.54, 1.807) is 6.92 Å². The van der Waals surface area contributed by atoms with E-state index in [9.17, 15) is 4.79 Å². The van der Waals surface area contributed by atoms with Crippen molar-refractivity contribution in [3.63, 3.8) is 0 Å². The molecular weight excluding hydrogens is 214 g/mol. The molecule has 17 heavy (non-hydrogen) atoms. The third-order valence-electron chi connectivity index (χ3n) is 3.00. The molecule has 1 atom stereocenters. The molecule has 90 valence electrons. The predicted molar refractivity (Wildman–Crippen MR) is 66.3 cm³/mol. The normalized spacial score (nSPS) is 18.8. The molecule has 1 aliphatic rings. The fraction of sp³-hybridized carbons (Fsp3) is 0.357. The Bertz CT molecular complexity index is 435. The summed E-state index contributed by atoms with van der Waals surface area (Å²) in [7, 11) is 0. The van der Waals surface area contributed by atoms with Crippen molar-refractivity contribution in [3.8, 4) is 0 Å². The van der Waals surface area contributed by atoms with E-state index >= 15 is 0 Å². The van der Waals surface area contributed by atoms with Crippen molar-refractivity contribution in [1.82, 2.24) is 0 Å². The molecule has 3 nitrogen and oxygen atoms in total. The largest absolute Gasteiger partial charge is 0.490 e. The quantitative estimate of drug-likeness (QED) is 0.867. The SMILES string of the molecule is CC(N)(C(=O)C1=CCCCO1)c1ccccc1. The lowest BCUT2D eigenvalue weighted by molar-refractivity contribution is -0.124. The Balaban J connectivity index is 2.26. The van der Waals surface area contributed by atoms with Crippen LogP contribution in [0.15, 0.2) is 42.2 Å². The summed E-state index contributed by atoms with van der Waals surface area (Å²) in [4.78, 5) is 12.3. The Morgan fingerprint density at radius 1 is 1.35 bits per heavy atom. The molecule has 0 radical (unpaired) electrons. The zero-order chi connectivity index (χ0) is 12.3. The maximum Gasteiger partial charge on any atom is 0.220 e. The van der Waals surface area contributed by atoms with Gasteiger partial charge in [0.2, 0.25) is 5.78 Å². The van der Waals surface area contributed by atoms with Crippen LogP contribution in [0.5, 0.6) is 0 Å². The molecule has 1 unspecified atom stereocenters. The summed E-state index contributed by atoms with van der Waals surface area (Å²) in [5, 5.41) is 0. The minimum atomic E-state index is -1.02. The van der Waals surface area contributed by atoms with Crippen molar-refractivity contribution in [2.45, 2.75) is 25.3 Å². The van der Waals surface area contributed by atoms with Crippen molar-refractivity contribution >= 4 is 5.78 Å². The molecule has 0 saturated heterocycles. The van der Waals surface area contributed by atoms with Gasteiger partial charge in [-0.2, -0.15) is 0 Å². The molecule has 2 rings (SSSR count). The van der Waals surface area contributed by atoms with Crippen molar-refractivity contribution in [2.75, 3.05) is 6.61 Å². The number of nitrogens with two attached hydrogens (primary N) is 1. The number of carbonyl (C=O) groups excluding carboxylic acids is 1. The molecule has 0 bridgehead atoms. The molecule has 1 heterocycles. The van der Waals surface area contributed by atoms with Crippen molar-refractivity contribution in [3.05, 3.63) is 47.7 Å². The fourth-order valence-corrected chi connectivity index (χ4v) is 1.89. The molecule has 0 aromatic heterocycles. The predicted octanol–water partition coefficient (Wildman–Crippen LogP) is 2.12. The lowest BCUT2D eigenvalue weighted by Crippen LogP contribution is -2.43.